The average molecular weight is 228 g/mol. The van der Waals surface area contributed by atoms with Gasteiger partial charge in [-0.2, -0.15) is 0 Å². The zero-order valence-electron chi connectivity index (χ0n) is 7.05. The van der Waals surface area contributed by atoms with Crippen LogP contribution >= 0.6 is 0 Å². The van der Waals surface area contributed by atoms with Gasteiger partial charge in [-0.3, -0.25) is 0 Å². The zero-order chi connectivity index (χ0) is 10.9. The number of rotatable bonds is 2. The maximum Gasteiger partial charge on any atom is 0.183 e. The Morgan fingerprint density at radius 2 is 1.64 bits per heavy atom. The van der Waals surface area contributed by atoms with E-state index in [2.05, 4.69) is 4.74 Å². The van der Waals surface area contributed by atoms with Crippen LogP contribution in [-0.2, 0) is 15.8 Å². The van der Waals surface area contributed by atoms with E-state index in [0.29, 0.717) is 0 Å². The number of hydrogen-bond acceptors (Lipinski definition) is 6. The molecular formula is C6H12O7S. The maximum atomic E-state index is 10.4. The fourth-order valence-corrected chi connectivity index (χ4v) is 1.77. The molecule has 6 atom stereocenters. The van der Waals surface area contributed by atoms with Crippen molar-refractivity contribution in [3.8, 4) is 0 Å². The molecule has 8 heteroatoms. The SMILES string of the molecule is O=S(O)C[C@H]1OC(O)[C@H](O)[C@@H](O)[C@@H]1O. The molecule has 1 fully saturated rings. The summed E-state index contributed by atoms with van der Waals surface area (Å²) in [6.07, 6.45) is -7.54. The molecule has 1 aliphatic rings. The van der Waals surface area contributed by atoms with Gasteiger partial charge in [-0.05, 0) is 0 Å². The lowest BCUT2D eigenvalue weighted by Gasteiger charge is -2.37. The Kier molecular flexibility index (Phi) is 3.95. The molecule has 0 radical (unpaired) electrons. The van der Waals surface area contributed by atoms with Gasteiger partial charge in [0.25, 0.3) is 0 Å². The molecular weight excluding hydrogens is 216 g/mol. The van der Waals surface area contributed by atoms with Crippen molar-refractivity contribution >= 4 is 11.1 Å². The monoisotopic (exact) mass is 228 g/mol. The van der Waals surface area contributed by atoms with E-state index in [4.69, 9.17) is 14.8 Å². The first-order chi connectivity index (χ1) is 6.43. The highest BCUT2D eigenvalue weighted by molar-refractivity contribution is 7.79. The Hall–Kier alpha value is -0.0900. The quantitative estimate of drug-likeness (QED) is 0.319. The van der Waals surface area contributed by atoms with Crippen molar-refractivity contribution in [2.75, 3.05) is 5.75 Å². The fourth-order valence-electron chi connectivity index (χ4n) is 1.21. The summed E-state index contributed by atoms with van der Waals surface area (Å²) in [5, 5.41) is 36.5. The Morgan fingerprint density at radius 1 is 1.07 bits per heavy atom. The van der Waals surface area contributed by atoms with Crippen molar-refractivity contribution < 1.29 is 33.9 Å². The van der Waals surface area contributed by atoms with Crippen molar-refractivity contribution in [2.45, 2.75) is 30.7 Å². The molecule has 1 aliphatic heterocycles. The third kappa shape index (κ3) is 2.48. The van der Waals surface area contributed by atoms with Gasteiger partial charge in [0.2, 0.25) is 0 Å². The highest BCUT2D eigenvalue weighted by atomic mass is 32.2. The van der Waals surface area contributed by atoms with E-state index in [1.165, 1.54) is 0 Å². The van der Waals surface area contributed by atoms with E-state index in [0.717, 1.165) is 0 Å². The van der Waals surface area contributed by atoms with Crippen LogP contribution in [0.2, 0.25) is 0 Å². The van der Waals surface area contributed by atoms with Gasteiger partial charge < -0.3 is 29.7 Å². The summed E-state index contributed by atoms with van der Waals surface area (Å²) < 4.78 is 23.6. The van der Waals surface area contributed by atoms with E-state index in [1.807, 2.05) is 0 Å². The molecule has 0 saturated carbocycles. The second-order valence-electron chi connectivity index (χ2n) is 3.03. The molecule has 1 heterocycles. The lowest BCUT2D eigenvalue weighted by Crippen LogP contribution is -2.58. The van der Waals surface area contributed by atoms with Gasteiger partial charge in [-0.15, -0.1) is 0 Å². The lowest BCUT2D eigenvalue weighted by molar-refractivity contribution is -0.276. The van der Waals surface area contributed by atoms with Crippen LogP contribution in [0.25, 0.3) is 0 Å². The molecule has 14 heavy (non-hydrogen) atoms. The number of ether oxygens (including phenoxy) is 1. The van der Waals surface area contributed by atoms with Crippen LogP contribution < -0.4 is 0 Å². The third-order valence-corrected chi connectivity index (χ3v) is 2.61. The Morgan fingerprint density at radius 3 is 2.14 bits per heavy atom. The highest BCUT2D eigenvalue weighted by Gasteiger charge is 2.43. The largest absolute Gasteiger partial charge is 0.388 e. The third-order valence-electron chi connectivity index (χ3n) is 1.99. The van der Waals surface area contributed by atoms with Crippen LogP contribution in [0.5, 0.6) is 0 Å². The summed E-state index contributed by atoms with van der Waals surface area (Å²) in [6.45, 7) is 0. The van der Waals surface area contributed by atoms with Crippen molar-refractivity contribution in [3.63, 3.8) is 0 Å². The normalized spacial score (nSPS) is 46.2. The first kappa shape index (κ1) is 12.0. The summed E-state index contributed by atoms with van der Waals surface area (Å²) >= 11 is -2.21. The van der Waals surface area contributed by atoms with Crippen molar-refractivity contribution in [1.82, 2.24) is 0 Å². The molecule has 0 aliphatic carbocycles. The van der Waals surface area contributed by atoms with Crippen LogP contribution in [0, 0.1) is 0 Å². The summed E-state index contributed by atoms with van der Waals surface area (Å²) in [5.41, 5.74) is 0. The molecule has 1 rings (SSSR count). The van der Waals surface area contributed by atoms with Crippen LogP contribution in [0.15, 0.2) is 0 Å². The molecule has 0 spiro atoms. The van der Waals surface area contributed by atoms with Gasteiger partial charge >= 0.3 is 0 Å². The van der Waals surface area contributed by atoms with Gasteiger partial charge in [0.15, 0.2) is 17.4 Å². The van der Waals surface area contributed by atoms with Gasteiger partial charge in [0.1, 0.15) is 24.4 Å². The van der Waals surface area contributed by atoms with E-state index in [-0.39, 0.29) is 0 Å². The minimum Gasteiger partial charge on any atom is -0.388 e. The first-order valence-electron chi connectivity index (χ1n) is 3.88. The molecule has 7 nitrogen and oxygen atoms in total. The average Bonchev–Trinajstić information content (AvgIpc) is 2.10. The minimum absolute atomic E-state index is 0.442. The van der Waals surface area contributed by atoms with E-state index in [9.17, 15) is 14.4 Å². The summed E-state index contributed by atoms with van der Waals surface area (Å²) in [6, 6.07) is 0. The van der Waals surface area contributed by atoms with Gasteiger partial charge in [-0.25, -0.2) is 4.21 Å². The Balaban J connectivity index is 2.65. The number of aliphatic hydroxyl groups excluding tert-OH is 4. The summed E-state index contributed by atoms with van der Waals surface area (Å²) in [5.74, 6) is -0.442. The van der Waals surface area contributed by atoms with Crippen molar-refractivity contribution in [2.24, 2.45) is 0 Å². The minimum atomic E-state index is -2.21. The van der Waals surface area contributed by atoms with Crippen molar-refractivity contribution in [1.29, 1.82) is 0 Å². The first-order valence-corrected chi connectivity index (χ1v) is 5.16. The molecule has 0 amide bonds. The van der Waals surface area contributed by atoms with Gasteiger partial charge in [-0.1, -0.05) is 0 Å². The van der Waals surface area contributed by atoms with Crippen LogP contribution in [0.4, 0.5) is 0 Å². The lowest BCUT2D eigenvalue weighted by atomic mass is 10.0. The van der Waals surface area contributed by atoms with Crippen LogP contribution in [-0.4, -0.2) is 65.6 Å². The standard InChI is InChI=1S/C6H12O7S/c7-3-2(1-14(11)12)13-6(10)5(9)4(3)8/h2-10H,1H2,(H,11,12)/t2-,3-,4+,5-,6?/m1/s1. The number of aliphatic hydroxyl groups is 4. The van der Waals surface area contributed by atoms with E-state index in [1.54, 1.807) is 0 Å². The Labute approximate surface area is 82.2 Å². The molecule has 2 unspecified atom stereocenters. The second-order valence-corrected chi connectivity index (χ2v) is 4.00. The molecule has 0 bridgehead atoms. The van der Waals surface area contributed by atoms with Crippen LogP contribution in [0.1, 0.15) is 0 Å². The molecule has 1 saturated heterocycles. The van der Waals surface area contributed by atoms with Crippen molar-refractivity contribution in [3.05, 3.63) is 0 Å². The van der Waals surface area contributed by atoms with Crippen LogP contribution in [0.3, 0.4) is 0 Å². The summed E-state index contributed by atoms with van der Waals surface area (Å²) in [7, 11) is 0. The zero-order valence-corrected chi connectivity index (χ0v) is 7.87. The predicted octanol–water partition coefficient (Wildman–Crippen LogP) is -2.99. The molecule has 84 valence electrons. The van der Waals surface area contributed by atoms with E-state index < -0.39 is 47.5 Å². The topological polar surface area (TPSA) is 127 Å². The molecule has 0 aromatic rings. The molecule has 0 aromatic heterocycles. The molecule has 0 aromatic carbocycles. The summed E-state index contributed by atoms with van der Waals surface area (Å²) in [4.78, 5) is 0. The Bertz CT molecular complexity index is 222. The second kappa shape index (κ2) is 4.62. The molecule has 5 N–H and O–H groups in total. The number of hydrogen-bond donors (Lipinski definition) is 5. The van der Waals surface area contributed by atoms with E-state index >= 15 is 0 Å². The maximum absolute atomic E-state index is 10.4. The highest BCUT2D eigenvalue weighted by Crippen LogP contribution is 2.20. The van der Waals surface area contributed by atoms with Gasteiger partial charge in [0.05, 0.1) is 5.75 Å². The fraction of sp³-hybridized carbons (Fsp3) is 1.00. The van der Waals surface area contributed by atoms with Gasteiger partial charge in [0, 0.05) is 0 Å². The smallest absolute Gasteiger partial charge is 0.183 e. The predicted molar refractivity (Wildman–Crippen MR) is 44.5 cm³/mol.